The van der Waals surface area contributed by atoms with Gasteiger partial charge in [-0.1, -0.05) is 0 Å². The molecule has 0 aliphatic rings. The van der Waals surface area contributed by atoms with Crippen LogP contribution in [0.15, 0.2) is 10.2 Å². The van der Waals surface area contributed by atoms with Crippen LogP contribution in [0.1, 0.15) is 6.92 Å². The first-order valence-corrected chi connectivity index (χ1v) is 2.01. The zero-order chi connectivity index (χ0) is 6.41. The molecule has 0 atom stereocenters. The van der Waals surface area contributed by atoms with E-state index in [9.17, 15) is 0 Å². The summed E-state index contributed by atoms with van der Waals surface area (Å²) >= 11 is 0. The Morgan fingerprint density at radius 2 is 2.38 bits per heavy atom. The number of hydrogen-bond acceptors (Lipinski definition) is 4. The Kier molecular flexibility index (Phi) is 3.69. The van der Waals surface area contributed by atoms with Gasteiger partial charge in [-0.2, -0.15) is 5.59 Å². The van der Waals surface area contributed by atoms with Crippen LogP contribution in [0.4, 0.5) is 0 Å². The molecule has 8 heavy (non-hydrogen) atoms. The topological polar surface area (TPSA) is 69.8 Å². The number of nitrogens with zero attached hydrogens (tertiary/aromatic N) is 2. The van der Waals surface area contributed by atoms with Gasteiger partial charge < -0.3 is 0 Å². The molecule has 46 valence electrons. The van der Waals surface area contributed by atoms with Crippen LogP contribution >= 0.6 is 0 Å². The summed E-state index contributed by atoms with van der Waals surface area (Å²) in [5.74, 6) is 0.326. The van der Waals surface area contributed by atoms with Crippen molar-refractivity contribution in [1.29, 1.82) is 5.53 Å². The predicted molar refractivity (Wildman–Crippen MR) is 28.4 cm³/mol. The second-order valence-corrected chi connectivity index (χ2v) is 1.07. The molecule has 0 unspecified atom stereocenters. The van der Waals surface area contributed by atoms with Crippen molar-refractivity contribution in [2.24, 2.45) is 10.2 Å². The molecule has 5 nitrogen and oxygen atoms in total. The molecule has 0 rings (SSSR count). The summed E-state index contributed by atoms with van der Waals surface area (Å²) in [6.45, 7) is 1.58. The van der Waals surface area contributed by atoms with Crippen molar-refractivity contribution in [3.05, 3.63) is 0 Å². The smallest absolute Gasteiger partial charge is 0.169 e. The van der Waals surface area contributed by atoms with Crippen LogP contribution in [-0.2, 0) is 4.84 Å². The lowest BCUT2D eigenvalue weighted by Gasteiger charge is -1.90. The highest BCUT2D eigenvalue weighted by molar-refractivity contribution is 5.79. The molecule has 0 aromatic heterocycles. The summed E-state index contributed by atoms with van der Waals surface area (Å²) in [7, 11) is 1.43. The first kappa shape index (κ1) is 7.03. The molecule has 0 aromatic carbocycles. The summed E-state index contributed by atoms with van der Waals surface area (Å²) in [6, 6.07) is 0. The van der Waals surface area contributed by atoms with E-state index in [4.69, 9.17) is 5.53 Å². The van der Waals surface area contributed by atoms with Crippen molar-refractivity contribution in [2.75, 3.05) is 7.11 Å². The van der Waals surface area contributed by atoms with E-state index in [0.717, 1.165) is 0 Å². The van der Waals surface area contributed by atoms with E-state index in [1.54, 1.807) is 6.92 Å². The lowest BCUT2D eigenvalue weighted by molar-refractivity contribution is 0.0945. The minimum atomic E-state index is 0.326. The van der Waals surface area contributed by atoms with Crippen molar-refractivity contribution in [3.8, 4) is 0 Å². The van der Waals surface area contributed by atoms with Crippen LogP contribution in [0.2, 0.25) is 0 Å². The lowest BCUT2D eigenvalue weighted by atomic mass is 10.7. The van der Waals surface area contributed by atoms with Gasteiger partial charge in [-0.05, 0) is 6.92 Å². The SMILES string of the molecule is CONN=C(C)N=N. The third kappa shape index (κ3) is 3.23. The number of nitrogens with one attached hydrogen (secondary N) is 2. The highest BCUT2D eigenvalue weighted by Gasteiger charge is 1.78. The van der Waals surface area contributed by atoms with E-state index in [1.807, 2.05) is 0 Å². The second-order valence-electron chi connectivity index (χ2n) is 1.07. The summed E-state index contributed by atoms with van der Waals surface area (Å²) in [5.41, 5.74) is 8.56. The van der Waals surface area contributed by atoms with Crippen LogP contribution in [0.5, 0.6) is 0 Å². The summed E-state index contributed by atoms with van der Waals surface area (Å²) in [5, 5.41) is 6.43. The average Bonchev–Trinajstić information content (AvgIpc) is 1.83. The van der Waals surface area contributed by atoms with Gasteiger partial charge in [0.15, 0.2) is 5.84 Å². The maximum atomic E-state index is 6.39. The van der Waals surface area contributed by atoms with Crippen LogP contribution in [0.25, 0.3) is 0 Å². The first-order valence-electron chi connectivity index (χ1n) is 2.01. The van der Waals surface area contributed by atoms with Gasteiger partial charge in [0.1, 0.15) is 0 Å². The maximum absolute atomic E-state index is 6.39. The van der Waals surface area contributed by atoms with Crippen molar-refractivity contribution in [2.45, 2.75) is 6.92 Å². The van der Waals surface area contributed by atoms with E-state index < -0.39 is 0 Å². The Morgan fingerprint density at radius 3 is 2.75 bits per heavy atom. The van der Waals surface area contributed by atoms with E-state index in [1.165, 1.54) is 7.11 Å². The summed E-state index contributed by atoms with van der Waals surface area (Å²) in [4.78, 5) is 4.33. The standard InChI is InChI=1S/C3H8N4O/c1-3(5-4)6-7-8-2/h4,7H,1-2H3. The molecule has 0 saturated carbocycles. The van der Waals surface area contributed by atoms with Gasteiger partial charge in [-0.3, -0.25) is 4.84 Å². The molecule has 0 aliphatic heterocycles. The molecule has 5 heteroatoms. The molecule has 0 amide bonds. The Balaban J connectivity index is 3.40. The molecule has 2 N–H and O–H groups in total. The first-order chi connectivity index (χ1) is 3.81. The van der Waals surface area contributed by atoms with Crippen LogP contribution < -0.4 is 5.59 Å². The molecule has 0 aliphatic carbocycles. The van der Waals surface area contributed by atoms with E-state index in [-0.39, 0.29) is 0 Å². The van der Waals surface area contributed by atoms with Gasteiger partial charge in [0.05, 0.1) is 7.11 Å². The largest absolute Gasteiger partial charge is 0.262 e. The fourth-order valence-electron chi connectivity index (χ4n) is 0.137. The number of rotatable bonds is 2. The van der Waals surface area contributed by atoms with Crippen molar-refractivity contribution < 1.29 is 4.84 Å². The third-order valence-electron chi connectivity index (χ3n) is 0.461. The van der Waals surface area contributed by atoms with E-state index >= 15 is 0 Å². The van der Waals surface area contributed by atoms with Crippen LogP contribution in [0, 0.1) is 5.53 Å². The summed E-state index contributed by atoms with van der Waals surface area (Å²) in [6.07, 6.45) is 0. The van der Waals surface area contributed by atoms with Gasteiger partial charge in [0.2, 0.25) is 0 Å². The van der Waals surface area contributed by atoms with Crippen molar-refractivity contribution in [3.63, 3.8) is 0 Å². The Hall–Kier alpha value is -0.970. The quantitative estimate of drug-likeness (QED) is 0.239. The lowest BCUT2D eigenvalue weighted by Crippen LogP contribution is -2.04. The van der Waals surface area contributed by atoms with Crippen molar-refractivity contribution >= 4 is 5.84 Å². The third-order valence-corrected chi connectivity index (χ3v) is 0.461. The normalized spacial score (nSPS) is 11.0. The fourth-order valence-corrected chi connectivity index (χ4v) is 0.137. The molecule has 0 bridgehead atoms. The minimum absolute atomic E-state index is 0.326. The molecule has 0 fully saturated rings. The molecule has 0 radical (unpaired) electrons. The number of amidine groups is 1. The van der Waals surface area contributed by atoms with Gasteiger partial charge in [0, 0.05) is 0 Å². The average molecular weight is 116 g/mol. The monoisotopic (exact) mass is 116 g/mol. The summed E-state index contributed by atoms with van der Waals surface area (Å²) < 4.78 is 0. The Morgan fingerprint density at radius 1 is 1.75 bits per heavy atom. The van der Waals surface area contributed by atoms with Gasteiger partial charge >= 0.3 is 0 Å². The van der Waals surface area contributed by atoms with Gasteiger partial charge in [0.25, 0.3) is 0 Å². The zero-order valence-corrected chi connectivity index (χ0v) is 4.80. The second kappa shape index (κ2) is 4.20. The molecule has 0 spiro atoms. The molecular weight excluding hydrogens is 108 g/mol. The van der Waals surface area contributed by atoms with E-state index in [2.05, 4.69) is 20.6 Å². The van der Waals surface area contributed by atoms with Gasteiger partial charge in [-0.15, -0.1) is 10.2 Å². The molecule has 0 saturated heterocycles. The van der Waals surface area contributed by atoms with Crippen molar-refractivity contribution in [1.82, 2.24) is 5.59 Å². The fraction of sp³-hybridized carbons (Fsp3) is 0.667. The zero-order valence-electron chi connectivity index (χ0n) is 4.80. The highest BCUT2D eigenvalue weighted by Crippen LogP contribution is 1.72. The van der Waals surface area contributed by atoms with E-state index in [0.29, 0.717) is 5.84 Å². The van der Waals surface area contributed by atoms with Crippen LogP contribution in [0.3, 0.4) is 0 Å². The number of hydrogen-bond donors (Lipinski definition) is 2. The highest BCUT2D eigenvalue weighted by atomic mass is 16.7. The molecule has 0 aromatic rings. The Labute approximate surface area is 47.2 Å². The maximum Gasteiger partial charge on any atom is 0.169 e. The predicted octanol–water partition coefficient (Wildman–Crippen LogP) is 0.502. The molecule has 0 heterocycles. The van der Waals surface area contributed by atoms with Crippen LogP contribution in [-0.4, -0.2) is 12.9 Å². The molecular formula is C3H8N4O. The Bertz CT molecular complexity index is 99.5. The number of hydrazone groups is 1. The minimum Gasteiger partial charge on any atom is -0.262 e. The van der Waals surface area contributed by atoms with Gasteiger partial charge in [-0.25, -0.2) is 5.53 Å².